The molecule has 0 saturated heterocycles. The summed E-state index contributed by atoms with van der Waals surface area (Å²) in [5.74, 6) is 1.94. The number of ether oxygens (including phenoxy) is 1. The summed E-state index contributed by atoms with van der Waals surface area (Å²) in [4.78, 5) is 2.42. The summed E-state index contributed by atoms with van der Waals surface area (Å²) in [7, 11) is 0. The van der Waals surface area contributed by atoms with E-state index in [1.54, 1.807) is 11.8 Å². The fraction of sp³-hybridized carbons (Fsp3) is 0.294. The van der Waals surface area contributed by atoms with Gasteiger partial charge in [-0.05, 0) is 41.7 Å². The van der Waals surface area contributed by atoms with Crippen LogP contribution in [-0.2, 0) is 6.42 Å². The number of fused-ring (bicyclic) bond motifs is 2. The molecule has 0 saturated carbocycles. The molecule has 1 aliphatic rings. The van der Waals surface area contributed by atoms with Gasteiger partial charge in [-0.15, -0.1) is 0 Å². The zero-order chi connectivity index (χ0) is 13.5. The van der Waals surface area contributed by atoms with Crippen LogP contribution in [-0.4, -0.2) is 0 Å². The Morgan fingerprint density at radius 1 is 0.947 bits per heavy atom. The molecule has 0 bridgehead atoms. The molecule has 2 aromatic carbocycles. The quantitative estimate of drug-likeness (QED) is 0.575. The second kappa shape index (κ2) is 4.61. The summed E-state index contributed by atoms with van der Waals surface area (Å²) in [6.45, 7) is 6.81. The van der Waals surface area contributed by atoms with E-state index in [-0.39, 0.29) is 0 Å². The zero-order valence-corrected chi connectivity index (χ0v) is 12.4. The van der Waals surface area contributed by atoms with Gasteiger partial charge >= 0.3 is 0 Å². The Labute approximate surface area is 119 Å². The van der Waals surface area contributed by atoms with E-state index < -0.39 is 0 Å². The summed E-state index contributed by atoms with van der Waals surface area (Å²) in [6.07, 6.45) is 1.09. The maximum atomic E-state index is 5.94. The van der Waals surface area contributed by atoms with Crippen molar-refractivity contribution in [2.45, 2.75) is 37.0 Å². The van der Waals surface area contributed by atoms with Crippen molar-refractivity contribution in [3.05, 3.63) is 48.0 Å². The Morgan fingerprint density at radius 2 is 1.68 bits per heavy atom. The number of hydrogen-bond acceptors (Lipinski definition) is 2. The highest BCUT2D eigenvalue weighted by Gasteiger charge is 2.19. The number of para-hydroxylation sites is 1. The maximum absolute atomic E-state index is 5.94. The normalized spacial score (nSPS) is 13.4. The molecule has 98 valence electrons. The van der Waals surface area contributed by atoms with Gasteiger partial charge in [-0.1, -0.05) is 50.7 Å². The number of hydrogen-bond donors (Lipinski definition) is 0. The molecule has 1 heterocycles. The lowest BCUT2D eigenvalue weighted by atomic mass is 9.88. The molecule has 3 rings (SSSR count). The standard InChI is InChI=1S/C17H18OS/c1-17(2,3)11-12-8-9-14-16(10-12)19-15-7-5-4-6-13(15)18-14/h4-10H,11H2,1-3H3. The first-order valence-electron chi connectivity index (χ1n) is 6.59. The minimum absolute atomic E-state index is 0.312. The van der Waals surface area contributed by atoms with E-state index in [2.05, 4.69) is 51.1 Å². The van der Waals surface area contributed by atoms with Crippen molar-refractivity contribution in [3.63, 3.8) is 0 Å². The topological polar surface area (TPSA) is 9.23 Å². The average molecular weight is 270 g/mol. The minimum Gasteiger partial charge on any atom is -0.455 e. The van der Waals surface area contributed by atoms with Crippen LogP contribution in [0.25, 0.3) is 0 Å². The summed E-state index contributed by atoms with van der Waals surface area (Å²) < 4.78 is 5.94. The van der Waals surface area contributed by atoms with Gasteiger partial charge in [0.1, 0.15) is 11.5 Å². The molecule has 0 aromatic heterocycles. The monoisotopic (exact) mass is 270 g/mol. The summed E-state index contributed by atoms with van der Waals surface area (Å²) in [5, 5.41) is 0. The number of rotatable bonds is 1. The van der Waals surface area contributed by atoms with E-state index in [9.17, 15) is 0 Å². The Balaban J connectivity index is 1.92. The van der Waals surface area contributed by atoms with Gasteiger partial charge in [0.25, 0.3) is 0 Å². The first-order chi connectivity index (χ1) is 9.01. The largest absolute Gasteiger partial charge is 0.455 e. The maximum Gasteiger partial charge on any atom is 0.141 e. The van der Waals surface area contributed by atoms with Crippen molar-refractivity contribution in [2.75, 3.05) is 0 Å². The van der Waals surface area contributed by atoms with Crippen LogP contribution in [0.5, 0.6) is 11.5 Å². The SMILES string of the molecule is CC(C)(C)Cc1ccc2c(c1)Sc1ccccc1O2. The highest BCUT2D eigenvalue weighted by atomic mass is 32.2. The fourth-order valence-corrected chi connectivity index (χ4v) is 3.31. The van der Waals surface area contributed by atoms with Crippen molar-refractivity contribution in [1.82, 2.24) is 0 Å². The molecule has 0 amide bonds. The van der Waals surface area contributed by atoms with Crippen LogP contribution in [0.15, 0.2) is 52.3 Å². The van der Waals surface area contributed by atoms with Crippen LogP contribution >= 0.6 is 11.8 Å². The van der Waals surface area contributed by atoms with E-state index in [1.807, 2.05) is 12.1 Å². The van der Waals surface area contributed by atoms with Crippen LogP contribution < -0.4 is 4.74 Å². The van der Waals surface area contributed by atoms with Crippen LogP contribution in [0.4, 0.5) is 0 Å². The smallest absolute Gasteiger partial charge is 0.141 e. The minimum atomic E-state index is 0.312. The van der Waals surface area contributed by atoms with E-state index in [0.29, 0.717) is 5.41 Å². The first kappa shape index (κ1) is 12.6. The molecule has 0 fully saturated rings. The third-order valence-corrected chi connectivity index (χ3v) is 4.13. The summed E-state index contributed by atoms with van der Waals surface area (Å²) >= 11 is 1.80. The molecule has 19 heavy (non-hydrogen) atoms. The van der Waals surface area contributed by atoms with Gasteiger partial charge in [0.2, 0.25) is 0 Å². The molecule has 1 nitrogen and oxygen atoms in total. The second-order valence-electron chi connectivity index (χ2n) is 6.17. The van der Waals surface area contributed by atoms with Gasteiger partial charge in [-0.2, -0.15) is 0 Å². The second-order valence-corrected chi connectivity index (χ2v) is 7.25. The molecule has 0 spiro atoms. The molecule has 1 aliphatic heterocycles. The van der Waals surface area contributed by atoms with Crippen molar-refractivity contribution >= 4 is 11.8 Å². The zero-order valence-electron chi connectivity index (χ0n) is 11.6. The van der Waals surface area contributed by atoms with Crippen LogP contribution in [0.1, 0.15) is 26.3 Å². The Hall–Kier alpha value is -1.41. The van der Waals surface area contributed by atoms with Crippen LogP contribution in [0.3, 0.4) is 0 Å². The van der Waals surface area contributed by atoms with E-state index in [1.165, 1.54) is 15.4 Å². The summed E-state index contributed by atoms with van der Waals surface area (Å²) in [6, 6.07) is 14.7. The van der Waals surface area contributed by atoms with Gasteiger partial charge in [-0.3, -0.25) is 0 Å². The lowest BCUT2D eigenvalue weighted by Gasteiger charge is -2.22. The Morgan fingerprint density at radius 3 is 2.47 bits per heavy atom. The Kier molecular flexibility index (Phi) is 3.06. The van der Waals surface area contributed by atoms with Crippen molar-refractivity contribution in [2.24, 2.45) is 5.41 Å². The highest BCUT2D eigenvalue weighted by Crippen LogP contribution is 2.47. The van der Waals surface area contributed by atoms with Gasteiger partial charge in [0, 0.05) is 0 Å². The molecule has 0 N–H and O–H groups in total. The van der Waals surface area contributed by atoms with Gasteiger partial charge < -0.3 is 4.74 Å². The Bertz CT molecular complexity index is 611. The summed E-state index contributed by atoms with van der Waals surface area (Å²) in [5.41, 5.74) is 1.69. The third-order valence-electron chi connectivity index (χ3n) is 3.03. The average Bonchev–Trinajstić information content (AvgIpc) is 2.34. The lowest BCUT2D eigenvalue weighted by molar-refractivity contribution is 0.409. The van der Waals surface area contributed by atoms with Crippen molar-refractivity contribution in [1.29, 1.82) is 0 Å². The lowest BCUT2D eigenvalue weighted by Crippen LogP contribution is -2.09. The fourth-order valence-electron chi connectivity index (χ4n) is 2.29. The molecule has 0 atom stereocenters. The van der Waals surface area contributed by atoms with Gasteiger partial charge in [-0.25, -0.2) is 0 Å². The van der Waals surface area contributed by atoms with Gasteiger partial charge in [0.15, 0.2) is 0 Å². The van der Waals surface area contributed by atoms with Crippen LogP contribution in [0, 0.1) is 5.41 Å². The molecule has 2 aromatic rings. The van der Waals surface area contributed by atoms with Crippen molar-refractivity contribution in [3.8, 4) is 11.5 Å². The van der Waals surface area contributed by atoms with E-state index in [0.717, 1.165) is 17.9 Å². The van der Waals surface area contributed by atoms with E-state index >= 15 is 0 Å². The predicted molar refractivity (Wildman–Crippen MR) is 80.2 cm³/mol. The molecule has 2 heteroatoms. The van der Waals surface area contributed by atoms with E-state index in [4.69, 9.17) is 4.74 Å². The molecule has 0 unspecified atom stereocenters. The van der Waals surface area contributed by atoms with Crippen molar-refractivity contribution < 1.29 is 4.74 Å². The molecular formula is C17H18OS. The molecule has 0 aliphatic carbocycles. The van der Waals surface area contributed by atoms with Crippen LogP contribution in [0.2, 0.25) is 0 Å². The predicted octanol–water partition coefficient (Wildman–Crippen LogP) is 5.53. The number of benzene rings is 2. The molecular weight excluding hydrogens is 252 g/mol. The third kappa shape index (κ3) is 2.79. The first-order valence-corrected chi connectivity index (χ1v) is 7.41. The highest BCUT2D eigenvalue weighted by molar-refractivity contribution is 7.99. The molecule has 0 radical (unpaired) electrons. The van der Waals surface area contributed by atoms with Gasteiger partial charge in [0.05, 0.1) is 9.79 Å².